The van der Waals surface area contributed by atoms with Gasteiger partial charge < -0.3 is 9.80 Å². The van der Waals surface area contributed by atoms with Crippen LogP contribution in [0.1, 0.15) is 46.5 Å². The normalized spacial score (nSPS) is 17.8. The minimum atomic E-state index is 0.0776. The molecule has 1 saturated heterocycles. The molecule has 0 aromatic carbocycles. The van der Waals surface area contributed by atoms with E-state index in [0.29, 0.717) is 11.5 Å². The monoisotopic (exact) mass is 266 g/mol. The number of nitrogens with zero attached hydrogens (tertiary/aromatic N) is 2. The van der Waals surface area contributed by atoms with Gasteiger partial charge in [-0.25, -0.2) is 0 Å². The van der Waals surface area contributed by atoms with Crippen LogP contribution in [0.5, 0.6) is 0 Å². The fourth-order valence-corrected chi connectivity index (χ4v) is 2.70. The third kappa shape index (κ3) is 5.77. The summed E-state index contributed by atoms with van der Waals surface area (Å²) in [4.78, 5) is 15.9. The maximum atomic E-state index is 11.5. The van der Waals surface area contributed by atoms with Gasteiger partial charge in [-0.2, -0.15) is 0 Å². The summed E-state index contributed by atoms with van der Waals surface area (Å²) in [5, 5.41) is 0. The highest BCUT2D eigenvalue weighted by Crippen LogP contribution is 2.22. The summed E-state index contributed by atoms with van der Waals surface area (Å²) >= 11 is 0. The van der Waals surface area contributed by atoms with Gasteiger partial charge in [-0.1, -0.05) is 27.4 Å². The van der Waals surface area contributed by atoms with Crippen LogP contribution in [0.25, 0.3) is 0 Å². The smallest absolute Gasteiger partial charge is 0.245 e. The minimum absolute atomic E-state index is 0.0776. The SMILES string of the molecule is C=CC(=O)N1CCC(N(C)CCCC(C)(C)C)CC1. The van der Waals surface area contributed by atoms with E-state index in [0.717, 1.165) is 32.5 Å². The Morgan fingerprint density at radius 3 is 2.42 bits per heavy atom. The molecule has 0 saturated carbocycles. The van der Waals surface area contributed by atoms with Gasteiger partial charge in [0.05, 0.1) is 0 Å². The summed E-state index contributed by atoms with van der Waals surface area (Å²) in [5.74, 6) is 0.0776. The highest BCUT2D eigenvalue weighted by molar-refractivity contribution is 5.87. The van der Waals surface area contributed by atoms with Gasteiger partial charge in [0.2, 0.25) is 5.91 Å². The van der Waals surface area contributed by atoms with E-state index >= 15 is 0 Å². The number of carbonyl (C=O) groups excluding carboxylic acids is 1. The zero-order valence-electron chi connectivity index (χ0n) is 13.1. The van der Waals surface area contributed by atoms with Gasteiger partial charge in [0.15, 0.2) is 0 Å². The molecule has 0 aliphatic carbocycles. The Hall–Kier alpha value is -0.830. The van der Waals surface area contributed by atoms with E-state index in [2.05, 4.69) is 39.3 Å². The molecule has 0 bridgehead atoms. The van der Waals surface area contributed by atoms with Crippen LogP contribution in [-0.4, -0.2) is 48.4 Å². The Labute approximate surface area is 118 Å². The molecule has 0 atom stereocenters. The van der Waals surface area contributed by atoms with Crippen molar-refractivity contribution in [2.24, 2.45) is 5.41 Å². The maximum Gasteiger partial charge on any atom is 0.245 e. The average Bonchev–Trinajstić information content (AvgIpc) is 2.36. The second-order valence-corrected chi connectivity index (χ2v) is 6.91. The van der Waals surface area contributed by atoms with E-state index in [1.807, 2.05) is 4.90 Å². The second kappa shape index (κ2) is 7.09. The Bertz CT molecular complexity index is 298. The molecule has 1 amide bonds. The molecule has 3 heteroatoms. The highest BCUT2D eigenvalue weighted by Gasteiger charge is 2.24. The van der Waals surface area contributed by atoms with Crippen LogP contribution in [0.4, 0.5) is 0 Å². The molecule has 1 heterocycles. The zero-order chi connectivity index (χ0) is 14.5. The molecular formula is C16H30N2O. The first-order chi connectivity index (χ1) is 8.83. The van der Waals surface area contributed by atoms with Crippen LogP contribution in [0.3, 0.4) is 0 Å². The molecule has 3 nitrogen and oxygen atoms in total. The van der Waals surface area contributed by atoms with Crippen molar-refractivity contribution in [2.75, 3.05) is 26.7 Å². The molecule has 110 valence electrons. The first kappa shape index (κ1) is 16.2. The van der Waals surface area contributed by atoms with Crippen LogP contribution < -0.4 is 0 Å². The van der Waals surface area contributed by atoms with E-state index in [1.54, 1.807) is 0 Å². The van der Waals surface area contributed by atoms with Crippen molar-refractivity contribution < 1.29 is 4.79 Å². The quantitative estimate of drug-likeness (QED) is 0.714. The zero-order valence-corrected chi connectivity index (χ0v) is 13.1. The highest BCUT2D eigenvalue weighted by atomic mass is 16.2. The number of carbonyl (C=O) groups is 1. The minimum Gasteiger partial charge on any atom is -0.339 e. The van der Waals surface area contributed by atoms with Crippen molar-refractivity contribution in [1.29, 1.82) is 0 Å². The summed E-state index contributed by atoms with van der Waals surface area (Å²) in [6.07, 6.45) is 6.13. The second-order valence-electron chi connectivity index (χ2n) is 6.91. The number of amides is 1. The van der Waals surface area contributed by atoms with E-state index in [-0.39, 0.29) is 5.91 Å². The number of piperidine rings is 1. The molecule has 0 radical (unpaired) electrons. The van der Waals surface area contributed by atoms with Crippen molar-refractivity contribution in [3.8, 4) is 0 Å². The van der Waals surface area contributed by atoms with Gasteiger partial charge >= 0.3 is 0 Å². The Balaban J connectivity index is 2.27. The van der Waals surface area contributed by atoms with Crippen LogP contribution in [0.15, 0.2) is 12.7 Å². The Morgan fingerprint density at radius 1 is 1.37 bits per heavy atom. The lowest BCUT2D eigenvalue weighted by Crippen LogP contribution is -2.45. The number of likely N-dealkylation sites (tertiary alicyclic amines) is 1. The topological polar surface area (TPSA) is 23.6 Å². The third-order valence-corrected chi connectivity index (χ3v) is 4.01. The molecular weight excluding hydrogens is 236 g/mol. The van der Waals surface area contributed by atoms with Gasteiger partial charge in [-0.3, -0.25) is 4.79 Å². The first-order valence-electron chi connectivity index (χ1n) is 7.45. The van der Waals surface area contributed by atoms with Crippen LogP contribution in [-0.2, 0) is 4.79 Å². The van der Waals surface area contributed by atoms with Crippen molar-refractivity contribution in [3.63, 3.8) is 0 Å². The number of hydrogen-bond donors (Lipinski definition) is 0. The molecule has 1 fully saturated rings. The van der Waals surface area contributed by atoms with Gasteiger partial charge in [0.1, 0.15) is 0 Å². The largest absolute Gasteiger partial charge is 0.339 e. The van der Waals surface area contributed by atoms with E-state index in [4.69, 9.17) is 0 Å². The van der Waals surface area contributed by atoms with Gasteiger partial charge in [0.25, 0.3) is 0 Å². The average molecular weight is 266 g/mol. The summed E-state index contributed by atoms with van der Waals surface area (Å²) in [5.41, 5.74) is 0.431. The molecule has 19 heavy (non-hydrogen) atoms. The number of hydrogen-bond acceptors (Lipinski definition) is 2. The lowest BCUT2D eigenvalue weighted by atomic mass is 9.90. The standard InChI is InChI=1S/C16H30N2O/c1-6-15(19)18-12-8-14(9-13-18)17(5)11-7-10-16(2,3)4/h6,14H,1,7-13H2,2-5H3. The molecule has 0 aromatic rings. The Morgan fingerprint density at radius 2 is 1.95 bits per heavy atom. The van der Waals surface area contributed by atoms with Gasteiger partial charge in [-0.15, -0.1) is 0 Å². The number of rotatable bonds is 5. The van der Waals surface area contributed by atoms with Gasteiger partial charge in [-0.05, 0) is 50.8 Å². The molecule has 0 unspecified atom stereocenters. The van der Waals surface area contributed by atoms with Gasteiger partial charge in [0, 0.05) is 19.1 Å². The lowest BCUT2D eigenvalue weighted by molar-refractivity contribution is -0.127. The molecule has 0 spiro atoms. The molecule has 1 aliphatic heterocycles. The van der Waals surface area contributed by atoms with Crippen molar-refractivity contribution in [3.05, 3.63) is 12.7 Å². The summed E-state index contributed by atoms with van der Waals surface area (Å²) in [6.45, 7) is 13.4. The Kier molecular flexibility index (Phi) is 6.05. The predicted molar refractivity (Wildman–Crippen MR) is 81.1 cm³/mol. The van der Waals surface area contributed by atoms with E-state index < -0.39 is 0 Å². The summed E-state index contributed by atoms with van der Waals surface area (Å²) in [6, 6.07) is 0.633. The van der Waals surface area contributed by atoms with E-state index in [9.17, 15) is 4.79 Å². The van der Waals surface area contributed by atoms with Crippen molar-refractivity contribution in [1.82, 2.24) is 9.80 Å². The molecule has 1 rings (SSSR count). The predicted octanol–water partition coefficient (Wildman–Crippen LogP) is 2.92. The van der Waals surface area contributed by atoms with Crippen LogP contribution in [0.2, 0.25) is 0 Å². The molecule has 1 aliphatic rings. The van der Waals surface area contributed by atoms with Crippen LogP contribution in [0, 0.1) is 5.41 Å². The maximum absolute atomic E-state index is 11.5. The lowest BCUT2D eigenvalue weighted by Gasteiger charge is -2.36. The van der Waals surface area contributed by atoms with Crippen LogP contribution >= 0.6 is 0 Å². The summed E-state index contributed by atoms with van der Waals surface area (Å²) in [7, 11) is 2.22. The van der Waals surface area contributed by atoms with Crippen molar-refractivity contribution in [2.45, 2.75) is 52.5 Å². The fraction of sp³-hybridized carbons (Fsp3) is 0.812. The molecule has 0 N–H and O–H groups in total. The van der Waals surface area contributed by atoms with E-state index in [1.165, 1.54) is 18.9 Å². The first-order valence-corrected chi connectivity index (χ1v) is 7.45. The fourth-order valence-electron chi connectivity index (χ4n) is 2.70. The third-order valence-electron chi connectivity index (χ3n) is 4.01. The molecule has 0 aromatic heterocycles. The van der Waals surface area contributed by atoms with Crippen molar-refractivity contribution >= 4 is 5.91 Å². The summed E-state index contributed by atoms with van der Waals surface area (Å²) < 4.78 is 0.